The number of rotatable bonds is 5. The largest absolute Gasteiger partial charge is 0.459 e. The second-order valence-corrected chi connectivity index (χ2v) is 7.64. The van der Waals surface area contributed by atoms with Crippen molar-refractivity contribution in [2.24, 2.45) is 5.92 Å². The highest BCUT2D eigenvalue weighted by atomic mass is 32.1. The van der Waals surface area contributed by atoms with Crippen LogP contribution in [0.1, 0.15) is 35.5 Å². The molecule has 1 aromatic carbocycles. The summed E-state index contributed by atoms with van der Waals surface area (Å²) >= 11 is 1.43. The second kappa shape index (κ2) is 7.29. The van der Waals surface area contributed by atoms with E-state index in [-0.39, 0.29) is 17.6 Å². The number of nitrogens with one attached hydrogen (secondary N) is 2. The first kappa shape index (κ1) is 18.1. The van der Waals surface area contributed by atoms with Crippen LogP contribution >= 0.6 is 11.3 Å². The fraction of sp³-hybridized carbons (Fsp3) is 0.316. The van der Waals surface area contributed by atoms with Crippen LogP contribution in [-0.2, 0) is 4.79 Å². The molecule has 2 aromatic heterocycles. The van der Waals surface area contributed by atoms with Crippen molar-refractivity contribution >= 4 is 38.5 Å². The lowest BCUT2D eigenvalue weighted by atomic mass is 10.0. The molecule has 0 aliphatic carbocycles. The van der Waals surface area contributed by atoms with Gasteiger partial charge in [0.05, 0.1) is 16.5 Å². The first-order valence-electron chi connectivity index (χ1n) is 8.38. The van der Waals surface area contributed by atoms with E-state index in [0.717, 1.165) is 21.3 Å². The highest BCUT2D eigenvalue weighted by Crippen LogP contribution is 2.29. The quantitative estimate of drug-likeness (QED) is 0.712. The molecule has 0 aliphatic rings. The van der Waals surface area contributed by atoms with Gasteiger partial charge in [-0.25, -0.2) is 4.98 Å². The molecular formula is C19H21N3O3S. The summed E-state index contributed by atoms with van der Waals surface area (Å²) in [6.07, 6.45) is 1.42. The molecule has 6 nitrogen and oxygen atoms in total. The van der Waals surface area contributed by atoms with Gasteiger partial charge in [-0.05, 0) is 49.1 Å². The number of hydrogen-bond donors (Lipinski definition) is 2. The maximum atomic E-state index is 12.7. The highest BCUT2D eigenvalue weighted by Gasteiger charge is 2.26. The molecule has 0 saturated heterocycles. The zero-order valence-corrected chi connectivity index (χ0v) is 15.9. The molecule has 136 valence electrons. The van der Waals surface area contributed by atoms with Gasteiger partial charge in [0.2, 0.25) is 5.91 Å². The van der Waals surface area contributed by atoms with Gasteiger partial charge in [-0.3, -0.25) is 9.59 Å². The molecule has 0 bridgehead atoms. The van der Waals surface area contributed by atoms with Crippen LogP contribution in [0, 0.1) is 19.8 Å². The van der Waals surface area contributed by atoms with E-state index in [2.05, 4.69) is 21.7 Å². The maximum Gasteiger partial charge on any atom is 0.287 e. The van der Waals surface area contributed by atoms with Crippen molar-refractivity contribution in [3.8, 4) is 0 Å². The van der Waals surface area contributed by atoms with Gasteiger partial charge in [0.25, 0.3) is 5.91 Å². The number of carbonyl (C=O) groups excluding carboxylic acids is 2. The van der Waals surface area contributed by atoms with Crippen LogP contribution in [0.4, 0.5) is 5.13 Å². The maximum absolute atomic E-state index is 12.7. The Hall–Kier alpha value is -2.67. The van der Waals surface area contributed by atoms with Crippen LogP contribution in [0.25, 0.3) is 10.2 Å². The Morgan fingerprint density at radius 2 is 2.00 bits per heavy atom. The Balaban J connectivity index is 1.78. The topological polar surface area (TPSA) is 84.2 Å². The third-order valence-corrected chi connectivity index (χ3v) is 4.96. The minimum atomic E-state index is -0.692. The van der Waals surface area contributed by atoms with Gasteiger partial charge in [-0.2, -0.15) is 0 Å². The number of thiazole rings is 1. The Labute approximate surface area is 155 Å². The van der Waals surface area contributed by atoms with E-state index in [0.29, 0.717) is 5.13 Å². The molecule has 3 aromatic rings. The Bertz CT molecular complexity index is 945. The number of amides is 2. The van der Waals surface area contributed by atoms with Gasteiger partial charge < -0.3 is 15.1 Å². The molecule has 0 saturated carbocycles. The van der Waals surface area contributed by atoms with E-state index in [1.807, 2.05) is 33.8 Å². The zero-order valence-electron chi connectivity index (χ0n) is 15.1. The molecule has 0 unspecified atom stereocenters. The summed E-state index contributed by atoms with van der Waals surface area (Å²) in [5, 5.41) is 6.08. The van der Waals surface area contributed by atoms with Crippen molar-refractivity contribution in [1.29, 1.82) is 0 Å². The Morgan fingerprint density at radius 3 is 2.65 bits per heavy atom. The van der Waals surface area contributed by atoms with Crippen LogP contribution in [0.2, 0.25) is 0 Å². The molecule has 2 N–H and O–H groups in total. The van der Waals surface area contributed by atoms with Gasteiger partial charge in [-0.15, -0.1) is 0 Å². The predicted molar refractivity (Wildman–Crippen MR) is 103 cm³/mol. The van der Waals surface area contributed by atoms with Crippen molar-refractivity contribution in [2.75, 3.05) is 5.32 Å². The summed E-state index contributed by atoms with van der Waals surface area (Å²) in [5.74, 6) is -0.630. The average molecular weight is 371 g/mol. The molecule has 0 fully saturated rings. The monoisotopic (exact) mass is 371 g/mol. The van der Waals surface area contributed by atoms with Crippen LogP contribution in [-0.4, -0.2) is 22.8 Å². The predicted octanol–water partition coefficient (Wildman–Crippen LogP) is 3.90. The number of benzene rings is 1. The third-order valence-electron chi connectivity index (χ3n) is 4.04. The fourth-order valence-electron chi connectivity index (χ4n) is 2.76. The normalized spacial score (nSPS) is 12.3. The zero-order chi connectivity index (χ0) is 18.8. The van der Waals surface area contributed by atoms with Crippen molar-refractivity contribution in [1.82, 2.24) is 10.3 Å². The lowest BCUT2D eigenvalue weighted by molar-refractivity contribution is -0.118. The molecular weight excluding hydrogens is 350 g/mol. The lowest BCUT2D eigenvalue weighted by Gasteiger charge is -2.20. The van der Waals surface area contributed by atoms with Crippen molar-refractivity contribution in [3.63, 3.8) is 0 Å². The summed E-state index contributed by atoms with van der Waals surface area (Å²) in [4.78, 5) is 29.4. The molecule has 0 radical (unpaired) electrons. The molecule has 2 amide bonds. The number of fused-ring (bicyclic) bond motifs is 1. The highest BCUT2D eigenvalue weighted by molar-refractivity contribution is 7.22. The smallest absolute Gasteiger partial charge is 0.287 e. The van der Waals surface area contributed by atoms with Crippen molar-refractivity contribution in [2.45, 2.75) is 33.7 Å². The third kappa shape index (κ3) is 3.77. The van der Waals surface area contributed by atoms with E-state index in [9.17, 15) is 9.59 Å². The summed E-state index contributed by atoms with van der Waals surface area (Å²) in [7, 11) is 0. The van der Waals surface area contributed by atoms with Gasteiger partial charge in [0, 0.05) is 0 Å². The standard InChI is InChI=1S/C19H21N3O3S/c1-10(2)15(20-17(23)13-6-5-7-25-13)18(24)22-19-21-16-12(4)8-11(3)9-14(16)26-19/h5-10,15H,1-4H3,(H,20,23)(H,21,22,24)/t15-/m0/s1. The number of nitrogens with zero attached hydrogens (tertiary/aromatic N) is 1. The number of anilines is 1. The van der Waals surface area contributed by atoms with E-state index in [1.165, 1.54) is 17.6 Å². The Kier molecular flexibility index (Phi) is 5.08. The molecule has 0 spiro atoms. The van der Waals surface area contributed by atoms with Crippen LogP contribution in [0.5, 0.6) is 0 Å². The van der Waals surface area contributed by atoms with Crippen molar-refractivity contribution in [3.05, 3.63) is 47.4 Å². The molecule has 0 aliphatic heterocycles. The van der Waals surface area contributed by atoms with Gasteiger partial charge >= 0.3 is 0 Å². The Morgan fingerprint density at radius 1 is 1.23 bits per heavy atom. The summed E-state index contributed by atoms with van der Waals surface area (Å²) in [5.41, 5.74) is 3.11. The summed E-state index contributed by atoms with van der Waals surface area (Å²) in [6, 6.07) is 6.61. The number of hydrogen-bond acceptors (Lipinski definition) is 5. The fourth-order valence-corrected chi connectivity index (χ4v) is 3.81. The average Bonchev–Trinajstić information content (AvgIpc) is 3.21. The SMILES string of the molecule is Cc1cc(C)c2nc(NC(=O)[C@@H](NC(=O)c3ccco3)C(C)C)sc2c1. The number of aromatic nitrogens is 1. The second-order valence-electron chi connectivity index (χ2n) is 6.61. The van der Waals surface area contributed by atoms with Crippen LogP contribution < -0.4 is 10.6 Å². The van der Waals surface area contributed by atoms with E-state index >= 15 is 0 Å². The molecule has 3 rings (SSSR count). The minimum Gasteiger partial charge on any atom is -0.459 e. The first-order valence-corrected chi connectivity index (χ1v) is 9.20. The van der Waals surface area contributed by atoms with Crippen LogP contribution in [0.15, 0.2) is 34.9 Å². The summed E-state index contributed by atoms with van der Waals surface area (Å²) < 4.78 is 6.11. The lowest BCUT2D eigenvalue weighted by Crippen LogP contribution is -2.47. The van der Waals surface area contributed by atoms with Gasteiger partial charge in [0.15, 0.2) is 10.9 Å². The number of carbonyl (C=O) groups is 2. The van der Waals surface area contributed by atoms with Gasteiger partial charge in [-0.1, -0.05) is 31.3 Å². The number of aryl methyl sites for hydroxylation is 2. The number of furan rings is 1. The molecule has 1 atom stereocenters. The van der Waals surface area contributed by atoms with E-state index in [4.69, 9.17) is 4.42 Å². The molecule has 7 heteroatoms. The van der Waals surface area contributed by atoms with Crippen LogP contribution in [0.3, 0.4) is 0 Å². The minimum absolute atomic E-state index is 0.0905. The van der Waals surface area contributed by atoms with Crippen molar-refractivity contribution < 1.29 is 14.0 Å². The molecule has 26 heavy (non-hydrogen) atoms. The van der Waals surface area contributed by atoms with E-state index < -0.39 is 11.9 Å². The van der Waals surface area contributed by atoms with Gasteiger partial charge in [0.1, 0.15) is 6.04 Å². The first-order chi connectivity index (χ1) is 12.3. The summed E-state index contributed by atoms with van der Waals surface area (Å²) in [6.45, 7) is 7.78. The molecule has 2 heterocycles. The van der Waals surface area contributed by atoms with E-state index in [1.54, 1.807) is 12.1 Å².